The van der Waals surface area contributed by atoms with Crippen LogP contribution in [0, 0.1) is 11.3 Å². The van der Waals surface area contributed by atoms with Crippen LogP contribution in [0.25, 0.3) is 0 Å². The summed E-state index contributed by atoms with van der Waals surface area (Å²) >= 11 is 9.24. The van der Waals surface area contributed by atoms with Gasteiger partial charge in [-0.1, -0.05) is 41.6 Å². The highest BCUT2D eigenvalue weighted by Gasteiger charge is 2.10. The SMILES string of the molecule is CSc1cccc(Sc2ccccc2Cl)c1C#N. The van der Waals surface area contributed by atoms with Gasteiger partial charge in [-0.3, -0.25) is 0 Å². The minimum atomic E-state index is 0.709. The summed E-state index contributed by atoms with van der Waals surface area (Å²) in [6, 6.07) is 15.8. The zero-order valence-corrected chi connectivity index (χ0v) is 12.1. The van der Waals surface area contributed by atoms with Crippen LogP contribution in [0.2, 0.25) is 5.02 Å². The van der Waals surface area contributed by atoms with Crippen LogP contribution in [-0.4, -0.2) is 6.26 Å². The molecule has 0 aliphatic rings. The molecule has 0 bridgehead atoms. The van der Waals surface area contributed by atoms with Gasteiger partial charge in [0, 0.05) is 14.7 Å². The minimum absolute atomic E-state index is 0.709. The molecule has 0 aliphatic carbocycles. The summed E-state index contributed by atoms with van der Waals surface area (Å²) in [7, 11) is 0. The van der Waals surface area contributed by atoms with Crippen molar-refractivity contribution in [2.75, 3.05) is 6.26 Å². The summed E-state index contributed by atoms with van der Waals surface area (Å²) in [6.07, 6.45) is 1.97. The van der Waals surface area contributed by atoms with Crippen LogP contribution in [0.4, 0.5) is 0 Å². The Morgan fingerprint density at radius 1 is 1.00 bits per heavy atom. The number of hydrogen-bond donors (Lipinski definition) is 0. The second-order valence-corrected chi connectivity index (χ2v) is 5.82. The Balaban J connectivity index is 2.42. The Labute approximate surface area is 120 Å². The maximum atomic E-state index is 9.27. The Morgan fingerprint density at radius 3 is 2.33 bits per heavy atom. The second kappa shape index (κ2) is 6.19. The molecule has 0 fully saturated rings. The van der Waals surface area contributed by atoms with E-state index in [2.05, 4.69) is 6.07 Å². The van der Waals surface area contributed by atoms with Gasteiger partial charge in [0.2, 0.25) is 0 Å². The van der Waals surface area contributed by atoms with Crippen molar-refractivity contribution in [3.8, 4) is 6.07 Å². The van der Waals surface area contributed by atoms with Gasteiger partial charge < -0.3 is 0 Å². The fourth-order valence-electron chi connectivity index (χ4n) is 1.52. The van der Waals surface area contributed by atoms with E-state index in [0.717, 1.165) is 20.2 Å². The minimum Gasteiger partial charge on any atom is -0.192 e. The first-order valence-corrected chi connectivity index (χ1v) is 7.67. The molecule has 0 saturated heterocycles. The van der Waals surface area contributed by atoms with Gasteiger partial charge >= 0.3 is 0 Å². The number of nitrogens with zero attached hydrogens (tertiary/aromatic N) is 1. The lowest BCUT2D eigenvalue weighted by Gasteiger charge is -2.08. The standard InChI is InChI=1S/C14H10ClNS2/c1-17-12-7-4-8-13(10(12)9-16)18-14-6-3-2-5-11(14)15/h2-8H,1H3. The molecule has 18 heavy (non-hydrogen) atoms. The molecule has 0 radical (unpaired) electrons. The van der Waals surface area contributed by atoms with Gasteiger partial charge in [0.05, 0.1) is 10.6 Å². The largest absolute Gasteiger partial charge is 0.192 e. The number of nitriles is 1. The fraction of sp³-hybridized carbons (Fsp3) is 0.0714. The average molecular weight is 292 g/mol. The molecule has 0 heterocycles. The van der Waals surface area contributed by atoms with E-state index < -0.39 is 0 Å². The van der Waals surface area contributed by atoms with Crippen LogP contribution in [0.5, 0.6) is 0 Å². The highest BCUT2D eigenvalue weighted by Crippen LogP contribution is 2.37. The van der Waals surface area contributed by atoms with E-state index in [-0.39, 0.29) is 0 Å². The molecule has 0 atom stereocenters. The predicted molar refractivity (Wildman–Crippen MR) is 78.5 cm³/mol. The molecule has 2 aromatic carbocycles. The highest BCUT2D eigenvalue weighted by atomic mass is 35.5. The Kier molecular flexibility index (Phi) is 4.60. The molecule has 0 saturated carbocycles. The van der Waals surface area contributed by atoms with Crippen LogP contribution < -0.4 is 0 Å². The molecular formula is C14H10ClNS2. The topological polar surface area (TPSA) is 23.8 Å². The monoisotopic (exact) mass is 291 g/mol. The zero-order chi connectivity index (χ0) is 13.0. The number of rotatable bonds is 3. The maximum Gasteiger partial charge on any atom is 0.101 e. The highest BCUT2D eigenvalue weighted by molar-refractivity contribution is 8.00. The van der Waals surface area contributed by atoms with Crippen LogP contribution in [-0.2, 0) is 0 Å². The second-order valence-electron chi connectivity index (χ2n) is 3.48. The molecule has 0 spiro atoms. The predicted octanol–water partition coefficient (Wildman–Crippen LogP) is 5.08. The summed E-state index contributed by atoms with van der Waals surface area (Å²) in [5.74, 6) is 0. The summed E-state index contributed by atoms with van der Waals surface area (Å²) < 4.78 is 0. The van der Waals surface area contributed by atoms with E-state index in [1.54, 1.807) is 11.8 Å². The third-order valence-corrected chi connectivity index (χ3v) is 4.73. The van der Waals surface area contributed by atoms with Gasteiger partial charge in [0.1, 0.15) is 6.07 Å². The Morgan fingerprint density at radius 2 is 1.67 bits per heavy atom. The summed E-state index contributed by atoms with van der Waals surface area (Å²) in [4.78, 5) is 2.90. The smallest absolute Gasteiger partial charge is 0.101 e. The molecule has 0 amide bonds. The van der Waals surface area contributed by atoms with E-state index in [9.17, 15) is 5.26 Å². The van der Waals surface area contributed by atoms with E-state index in [4.69, 9.17) is 11.6 Å². The van der Waals surface area contributed by atoms with Crippen molar-refractivity contribution < 1.29 is 0 Å². The normalized spacial score (nSPS) is 10.1. The van der Waals surface area contributed by atoms with Crippen LogP contribution in [0.1, 0.15) is 5.56 Å². The first-order valence-electron chi connectivity index (χ1n) is 5.25. The van der Waals surface area contributed by atoms with Gasteiger partial charge in [0.15, 0.2) is 0 Å². The Hall–Kier alpha value is -1.08. The molecule has 1 nitrogen and oxygen atoms in total. The van der Waals surface area contributed by atoms with Gasteiger partial charge in [-0.25, -0.2) is 0 Å². The van der Waals surface area contributed by atoms with Crippen LogP contribution >= 0.6 is 35.1 Å². The molecule has 2 aromatic rings. The van der Waals surface area contributed by atoms with Gasteiger partial charge in [-0.15, -0.1) is 11.8 Å². The first-order chi connectivity index (χ1) is 8.76. The van der Waals surface area contributed by atoms with Gasteiger partial charge in [0.25, 0.3) is 0 Å². The van der Waals surface area contributed by atoms with E-state index in [0.29, 0.717) is 5.02 Å². The maximum absolute atomic E-state index is 9.27. The molecule has 0 aromatic heterocycles. The quantitative estimate of drug-likeness (QED) is 0.736. The number of halogens is 1. The van der Waals surface area contributed by atoms with Gasteiger partial charge in [-0.2, -0.15) is 5.26 Å². The summed E-state index contributed by atoms with van der Waals surface area (Å²) in [5.41, 5.74) is 0.718. The van der Waals surface area contributed by atoms with Crippen molar-refractivity contribution in [1.82, 2.24) is 0 Å². The number of hydrogen-bond acceptors (Lipinski definition) is 3. The molecule has 0 N–H and O–H groups in total. The Bertz CT molecular complexity index is 605. The van der Waals surface area contributed by atoms with Crippen molar-refractivity contribution >= 4 is 35.1 Å². The molecular weight excluding hydrogens is 282 g/mol. The van der Waals surface area contributed by atoms with E-state index in [1.807, 2.05) is 48.7 Å². The molecule has 0 unspecified atom stereocenters. The third-order valence-electron chi connectivity index (χ3n) is 2.38. The number of thioether (sulfide) groups is 1. The lowest BCUT2D eigenvalue weighted by molar-refractivity contribution is 1.25. The molecule has 0 aliphatic heterocycles. The average Bonchev–Trinajstić information content (AvgIpc) is 2.41. The molecule has 2 rings (SSSR count). The van der Waals surface area contributed by atoms with Gasteiger partial charge in [-0.05, 0) is 30.5 Å². The molecule has 90 valence electrons. The summed E-state index contributed by atoms with van der Waals surface area (Å²) in [5, 5.41) is 9.98. The molecule has 4 heteroatoms. The van der Waals surface area contributed by atoms with Crippen molar-refractivity contribution in [3.63, 3.8) is 0 Å². The van der Waals surface area contributed by atoms with E-state index in [1.165, 1.54) is 11.8 Å². The van der Waals surface area contributed by atoms with Crippen molar-refractivity contribution in [1.29, 1.82) is 5.26 Å². The van der Waals surface area contributed by atoms with E-state index >= 15 is 0 Å². The third kappa shape index (κ3) is 2.84. The van der Waals surface area contributed by atoms with Crippen LogP contribution in [0.3, 0.4) is 0 Å². The summed E-state index contributed by atoms with van der Waals surface area (Å²) in [6.45, 7) is 0. The zero-order valence-electron chi connectivity index (χ0n) is 9.68. The lowest BCUT2D eigenvalue weighted by atomic mass is 10.2. The fourth-order valence-corrected chi connectivity index (χ4v) is 3.37. The lowest BCUT2D eigenvalue weighted by Crippen LogP contribution is -1.85. The van der Waals surface area contributed by atoms with Crippen LogP contribution in [0.15, 0.2) is 57.2 Å². The first kappa shape index (κ1) is 13.4. The van der Waals surface area contributed by atoms with Crippen molar-refractivity contribution in [3.05, 3.63) is 53.1 Å². The van der Waals surface area contributed by atoms with Crippen molar-refractivity contribution in [2.45, 2.75) is 14.7 Å². The number of benzene rings is 2. The van der Waals surface area contributed by atoms with Crippen molar-refractivity contribution in [2.24, 2.45) is 0 Å².